The van der Waals surface area contributed by atoms with Gasteiger partial charge in [-0.2, -0.15) is 0 Å². The number of ether oxygens (including phenoxy) is 1. The molecule has 15 heteroatoms. The summed E-state index contributed by atoms with van der Waals surface area (Å²) in [5.74, 6) is -0.564. The summed E-state index contributed by atoms with van der Waals surface area (Å²) in [6.07, 6.45) is 3.10. The summed E-state index contributed by atoms with van der Waals surface area (Å²) in [5, 5.41) is 17.5. The van der Waals surface area contributed by atoms with E-state index in [1.165, 1.54) is 0 Å². The van der Waals surface area contributed by atoms with Gasteiger partial charge >= 0.3 is 29.6 Å². The van der Waals surface area contributed by atoms with E-state index in [0.29, 0.717) is 66.2 Å². The van der Waals surface area contributed by atoms with Crippen molar-refractivity contribution in [2.45, 2.75) is 56.5 Å². The molecular weight excluding hydrogens is 651 g/mol. The molecule has 1 aliphatic carbocycles. The van der Waals surface area contributed by atoms with E-state index in [-0.39, 0.29) is 72.3 Å². The summed E-state index contributed by atoms with van der Waals surface area (Å²) in [6, 6.07) is 18.5. The first kappa shape index (κ1) is 37.0. The van der Waals surface area contributed by atoms with Gasteiger partial charge in [-0.15, -0.1) is 0 Å². The van der Waals surface area contributed by atoms with Gasteiger partial charge in [-0.3, -0.25) is 19.2 Å². The van der Waals surface area contributed by atoms with Crippen LogP contribution in [0.5, 0.6) is 5.75 Å². The minimum Gasteiger partial charge on any atom is -0.746 e. The number of aliphatic hydroxyl groups is 1. The molecule has 5 rings (SSSR count). The molecule has 0 aromatic heterocycles. The van der Waals surface area contributed by atoms with Gasteiger partial charge in [-0.25, -0.2) is 8.42 Å². The molecule has 248 valence electrons. The minimum absolute atomic E-state index is 0. The third kappa shape index (κ3) is 10.1. The summed E-state index contributed by atoms with van der Waals surface area (Å²) in [7, 11) is -4.71. The molecule has 0 saturated heterocycles. The molecule has 0 spiro atoms. The number of fused-ring (bicyclic) bond motifs is 1. The van der Waals surface area contributed by atoms with Gasteiger partial charge in [-0.05, 0) is 92.3 Å². The molecule has 1 fully saturated rings. The maximum Gasteiger partial charge on any atom is 1.00 e. The van der Waals surface area contributed by atoms with Crippen LogP contribution in [-0.4, -0.2) is 71.2 Å². The van der Waals surface area contributed by atoms with Gasteiger partial charge in [0, 0.05) is 41.5 Å². The van der Waals surface area contributed by atoms with Crippen molar-refractivity contribution < 1.29 is 71.5 Å². The molecule has 3 aromatic rings. The molecule has 48 heavy (non-hydrogen) atoms. The molecule has 4 amide bonds. The summed E-state index contributed by atoms with van der Waals surface area (Å²) in [5.41, 5.74) is 1.28. The summed E-state index contributed by atoms with van der Waals surface area (Å²) < 4.78 is 37.6. The van der Waals surface area contributed by atoms with Gasteiger partial charge in [0.05, 0.1) is 5.69 Å². The van der Waals surface area contributed by atoms with Gasteiger partial charge in [-0.1, -0.05) is 18.6 Å². The molecule has 0 radical (unpaired) electrons. The van der Waals surface area contributed by atoms with E-state index < -0.39 is 15.6 Å². The van der Waals surface area contributed by atoms with Gasteiger partial charge in [0.15, 0.2) is 6.61 Å². The van der Waals surface area contributed by atoms with Crippen LogP contribution in [0.3, 0.4) is 0 Å². The maximum absolute atomic E-state index is 13.4. The average molecular weight is 687 g/mol. The number of anilines is 2. The van der Waals surface area contributed by atoms with Gasteiger partial charge in [0.25, 0.3) is 23.6 Å². The number of carbonyl (C=O) groups excluding carboxylic acids is 4. The monoisotopic (exact) mass is 686 g/mol. The first-order chi connectivity index (χ1) is 22.5. The quantitative estimate of drug-likeness (QED) is 0.104. The second kappa shape index (κ2) is 16.5. The molecule has 2 aliphatic rings. The first-order valence-electron chi connectivity index (χ1n) is 15.3. The molecule has 1 heterocycles. The SMILES string of the molecule is O=C1COc2cc(C(=O)N(Cc3ccc(C(=O)Nc4ccc(C(=O)NCCCCCC(O)S(=O)(=O)[O-])cc4)cc3)C3CC3)ccc2N1.[Na+]. The van der Waals surface area contributed by atoms with Crippen LogP contribution in [0.25, 0.3) is 0 Å². The Hall–Kier alpha value is -3.79. The average Bonchev–Trinajstić information content (AvgIpc) is 3.90. The standard InChI is InChI=1S/C33H36N4O9S.Na/c38-29-20-46-28-18-24(11-16-27(28)36-29)33(42)37(26-14-15-26)19-21-5-7-23(8-6-21)32(41)35-25-12-9-22(10-13-25)31(40)34-17-3-1-2-4-30(39)47(43,44)45;/h5-13,16,18,26,30,39H,1-4,14-15,17,19-20H2,(H,34,40)(H,35,41)(H,36,38)(H,43,44,45);/q;+1/p-1. The summed E-state index contributed by atoms with van der Waals surface area (Å²) in [6.45, 7) is 0.615. The third-order valence-electron chi connectivity index (χ3n) is 7.83. The Labute approximate surface area is 300 Å². The van der Waals surface area contributed by atoms with Crippen molar-refractivity contribution in [2.24, 2.45) is 0 Å². The Balaban J connectivity index is 0.00000520. The molecular formula is C33H35N4NaO9S. The van der Waals surface area contributed by atoms with Crippen molar-refractivity contribution in [3.63, 3.8) is 0 Å². The van der Waals surface area contributed by atoms with Gasteiger partial charge in [0.2, 0.25) is 0 Å². The van der Waals surface area contributed by atoms with Crippen LogP contribution in [0.2, 0.25) is 0 Å². The number of carbonyl (C=O) groups is 4. The third-order valence-corrected chi connectivity index (χ3v) is 8.73. The van der Waals surface area contributed by atoms with Crippen molar-refractivity contribution in [1.82, 2.24) is 10.2 Å². The van der Waals surface area contributed by atoms with Crippen LogP contribution in [0, 0.1) is 0 Å². The number of hydrogen-bond acceptors (Lipinski definition) is 9. The Morgan fingerprint density at radius 3 is 2.25 bits per heavy atom. The number of unbranched alkanes of at least 4 members (excludes halogenated alkanes) is 2. The molecule has 3 aromatic carbocycles. The smallest absolute Gasteiger partial charge is 0.746 e. The topological polar surface area (TPSA) is 194 Å². The van der Waals surface area contributed by atoms with Crippen LogP contribution in [0.4, 0.5) is 11.4 Å². The minimum atomic E-state index is -4.71. The van der Waals surface area contributed by atoms with Crippen molar-refractivity contribution >= 4 is 45.1 Å². The largest absolute Gasteiger partial charge is 1.00 e. The molecule has 4 N–H and O–H groups in total. The van der Waals surface area contributed by atoms with E-state index in [1.807, 2.05) is 17.0 Å². The fourth-order valence-electron chi connectivity index (χ4n) is 5.06. The van der Waals surface area contributed by atoms with Crippen LogP contribution < -0.4 is 50.2 Å². The Bertz CT molecular complexity index is 1750. The number of hydrogen-bond donors (Lipinski definition) is 4. The Morgan fingerprint density at radius 2 is 1.58 bits per heavy atom. The zero-order valence-electron chi connectivity index (χ0n) is 26.4. The Kier molecular flexibility index (Phi) is 12.8. The zero-order valence-corrected chi connectivity index (χ0v) is 29.3. The summed E-state index contributed by atoms with van der Waals surface area (Å²) >= 11 is 0. The van der Waals surface area contributed by atoms with Crippen molar-refractivity contribution in [3.05, 3.63) is 89.0 Å². The number of aliphatic hydroxyl groups excluding tert-OH is 1. The molecule has 1 aliphatic heterocycles. The van der Waals surface area contributed by atoms with Crippen molar-refractivity contribution in [3.8, 4) is 5.75 Å². The van der Waals surface area contributed by atoms with E-state index in [0.717, 1.165) is 18.4 Å². The number of nitrogens with zero attached hydrogens (tertiary/aromatic N) is 1. The molecule has 13 nitrogen and oxygen atoms in total. The first-order valence-corrected chi connectivity index (χ1v) is 16.7. The Morgan fingerprint density at radius 1 is 0.938 bits per heavy atom. The van der Waals surface area contributed by atoms with E-state index >= 15 is 0 Å². The number of amides is 4. The predicted octanol–water partition coefficient (Wildman–Crippen LogP) is 0.232. The fourth-order valence-corrected chi connectivity index (χ4v) is 5.52. The molecule has 1 saturated carbocycles. The second-order valence-electron chi connectivity index (χ2n) is 11.5. The van der Waals surface area contributed by atoms with Gasteiger partial charge < -0.3 is 35.2 Å². The predicted molar refractivity (Wildman–Crippen MR) is 171 cm³/mol. The van der Waals surface area contributed by atoms with E-state index in [4.69, 9.17) is 4.74 Å². The number of nitrogens with one attached hydrogen (secondary N) is 3. The van der Waals surface area contributed by atoms with Crippen molar-refractivity contribution in [1.29, 1.82) is 0 Å². The molecule has 1 unspecified atom stereocenters. The van der Waals surface area contributed by atoms with Gasteiger partial charge in [0.1, 0.15) is 21.3 Å². The summed E-state index contributed by atoms with van der Waals surface area (Å²) in [4.78, 5) is 52.1. The van der Waals surface area contributed by atoms with Crippen LogP contribution in [0.15, 0.2) is 66.7 Å². The molecule has 0 bridgehead atoms. The maximum atomic E-state index is 13.4. The fraction of sp³-hybridized carbons (Fsp3) is 0.333. The van der Waals surface area contributed by atoms with Crippen LogP contribution >= 0.6 is 0 Å². The van der Waals surface area contributed by atoms with E-state index in [2.05, 4.69) is 16.0 Å². The van der Waals surface area contributed by atoms with Crippen LogP contribution in [-0.2, 0) is 21.5 Å². The number of benzene rings is 3. The van der Waals surface area contributed by atoms with E-state index in [1.54, 1.807) is 54.6 Å². The normalized spacial score (nSPS) is 14.3. The van der Waals surface area contributed by atoms with E-state index in [9.17, 15) is 37.3 Å². The zero-order chi connectivity index (χ0) is 33.6. The molecule has 1 atom stereocenters. The second-order valence-corrected chi connectivity index (χ2v) is 13.0. The van der Waals surface area contributed by atoms with Crippen molar-refractivity contribution in [2.75, 3.05) is 23.8 Å². The van der Waals surface area contributed by atoms with Crippen LogP contribution in [0.1, 0.15) is 75.2 Å². The number of rotatable bonds is 14.